The number of nitrogens with two attached hydrogens (primary N) is 1. The second kappa shape index (κ2) is 11.9. The molecule has 174 valence electrons. The number of hydrogen-bond acceptors (Lipinski definition) is 6. The smallest absolute Gasteiger partial charge is 0.340 e. The molecule has 0 bridgehead atoms. The third-order valence-electron chi connectivity index (χ3n) is 4.60. The number of amides is 2. The maximum atomic E-state index is 12.7. The molecule has 0 aromatic heterocycles. The van der Waals surface area contributed by atoms with Crippen LogP contribution in [0.15, 0.2) is 78.9 Å². The van der Waals surface area contributed by atoms with Crippen LogP contribution < -0.4 is 20.5 Å². The Hall–Kier alpha value is -4.59. The molecule has 0 spiro atoms. The molecule has 2 amide bonds. The monoisotopic (exact) mass is 460 g/mol. The topological polar surface area (TPSA) is 117 Å². The summed E-state index contributed by atoms with van der Waals surface area (Å²) >= 11 is 0. The molecule has 0 saturated carbocycles. The van der Waals surface area contributed by atoms with Gasteiger partial charge in [-0.1, -0.05) is 36.4 Å². The van der Waals surface area contributed by atoms with Crippen molar-refractivity contribution in [2.45, 2.75) is 6.61 Å². The number of rotatable bonds is 10. The van der Waals surface area contributed by atoms with E-state index < -0.39 is 17.8 Å². The molecule has 0 atom stereocenters. The predicted octanol–water partition coefficient (Wildman–Crippen LogP) is 3.57. The molecule has 3 aromatic rings. The van der Waals surface area contributed by atoms with Crippen LogP contribution in [0, 0.1) is 0 Å². The van der Waals surface area contributed by atoms with Gasteiger partial charge < -0.3 is 25.3 Å². The van der Waals surface area contributed by atoms with Gasteiger partial charge in [0, 0.05) is 6.08 Å². The molecule has 0 aliphatic rings. The van der Waals surface area contributed by atoms with Crippen LogP contribution >= 0.6 is 0 Å². The largest absolute Gasteiger partial charge is 0.497 e. The Morgan fingerprint density at radius 1 is 0.941 bits per heavy atom. The molecule has 0 radical (unpaired) electrons. The van der Waals surface area contributed by atoms with Crippen LogP contribution in [0.2, 0.25) is 0 Å². The van der Waals surface area contributed by atoms with Crippen LogP contribution in [0.1, 0.15) is 21.5 Å². The standard InChI is InChI=1S/C26H24N2O6/c1-32-20-12-9-18(10-13-20)11-14-25(30)28-23-8-3-2-7-22(23)26(31)34-16-19-5-4-6-21(15-19)33-17-24(27)29/h2-15H,16-17H2,1H3,(H2,27,29)(H,28,30)/b14-11+. The van der Waals surface area contributed by atoms with Gasteiger partial charge in [-0.3, -0.25) is 9.59 Å². The highest BCUT2D eigenvalue weighted by Gasteiger charge is 2.14. The average Bonchev–Trinajstić information content (AvgIpc) is 2.85. The van der Waals surface area contributed by atoms with Crippen LogP contribution in [-0.2, 0) is 20.9 Å². The summed E-state index contributed by atoms with van der Waals surface area (Å²) in [4.78, 5) is 35.9. The van der Waals surface area contributed by atoms with Gasteiger partial charge in [-0.05, 0) is 53.6 Å². The summed E-state index contributed by atoms with van der Waals surface area (Å²) in [5.41, 5.74) is 7.11. The fraction of sp³-hybridized carbons (Fsp3) is 0.115. The van der Waals surface area contributed by atoms with Crippen LogP contribution in [0.5, 0.6) is 11.5 Å². The molecule has 0 saturated heterocycles. The van der Waals surface area contributed by atoms with E-state index >= 15 is 0 Å². The number of methoxy groups -OCH3 is 1. The molecule has 0 fully saturated rings. The molecule has 0 unspecified atom stereocenters. The molecule has 0 aliphatic heterocycles. The van der Waals surface area contributed by atoms with E-state index in [-0.39, 0.29) is 18.8 Å². The number of esters is 1. The first-order valence-electron chi connectivity index (χ1n) is 10.3. The van der Waals surface area contributed by atoms with Gasteiger partial charge in [0.05, 0.1) is 18.4 Å². The molecule has 0 aliphatic carbocycles. The predicted molar refractivity (Wildman–Crippen MR) is 127 cm³/mol. The van der Waals surface area contributed by atoms with Gasteiger partial charge in [-0.15, -0.1) is 0 Å². The first-order valence-corrected chi connectivity index (χ1v) is 10.3. The first-order chi connectivity index (χ1) is 16.4. The molecular formula is C26H24N2O6. The maximum Gasteiger partial charge on any atom is 0.340 e. The number of primary amides is 1. The van der Waals surface area contributed by atoms with Crippen molar-refractivity contribution in [3.63, 3.8) is 0 Å². The summed E-state index contributed by atoms with van der Waals surface area (Å²) in [6.45, 7) is -0.268. The molecule has 3 aromatic carbocycles. The highest BCUT2D eigenvalue weighted by Crippen LogP contribution is 2.19. The first kappa shape index (κ1) is 24.1. The Bertz CT molecular complexity index is 1190. The van der Waals surface area contributed by atoms with E-state index in [9.17, 15) is 14.4 Å². The SMILES string of the molecule is COc1ccc(/C=C/C(=O)Nc2ccccc2C(=O)OCc2cccc(OCC(N)=O)c2)cc1. The molecule has 0 heterocycles. The number of hydrogen-bond donors (Lipinski definition) is 2. The minimum absolute atomic E-state index is 0.0216. The van der Waals surface area contributed by atoms with E-state index in [0.29, 0.717) is 17.0 Å². The molecule has 8 nitrogen and oxygen atoms in total. The van der Waals surface area contributed by atoms with Crippen molar-refractivity contribution >= 4 is 29.5 Å². The van der Waals surface area contributed by atoms with Crippen molar-refractivity contribution in [2.24, 2.45) is 5.73 Å². The molecule has 8 heteroatoms. The second-order valence-corrected chi connectivity index (χ2v) is 7.12. The lowest BCUT2D eigenvalue weighted by atomic mass is 10.1. The summed E-state index contributed by atoms with van der Waals surface area (Å²) < 4.78 is 15.8. The Labute approximate surface area is 196 Å². The van der Waals surface area contributed by atoms with Crippen LogP contribution in [0.25, 0.3) is 6.08 Å². The van der Waals surface area contributed by atoms with E-state index in [4.69, 9.17) is 19.9 Å². The van der Waals surface area contributed by atoms with Crippen molar-refractivity contribution in [3.8, 4) is 11.5 Å². The number of nitrogens with one attached hydrogen (secondary N) is 1. The van der Waals surface area contributed by atoms with Crippen LogP contribution in [0.3, 0.4) is 0 Å². The lowest BCUT2D eigenvalue weighted by molar-refractivity contribution is -0.120. The van der Waals surface area contributed by atoms with Crippen molar-refractivity contribution in [2.75, 3.05) is 19.0 Å². The summed E-state index contributed by atoms with van der Waals surface area (Å²) in [5.74, 6) is -0.425. The van der Waals surface area contributed by atoms with Gasteiger partial charge >= 0.3 is 5.97 Å². The van der Waals surface area contributed by atoms with Gasteiger partial charge in [-0.25, -0.2) is 4.79 Å². The Morgan fingerprint density at radius 3 is 2.44 bits per heavy atom. The van der Waals surface area contributed by atoms with Crippen molar-refractivity contribution < 1.29 is 28.6 Å². The minimum Gasteiger partial charge on any atom is -0.497 e. The van der Waals surface area contributed by atoms with Crippen molar-refractivity contribution in [1.29, 1.82) is 0 Å². The van der Waals surface area contributed by atoms with Gasteiger partial charge in [0.1, 0.15) is 18.1 Å². The van der Waals surface area contributed by atoms with Crippen molar-refractivity contribution in [1.82, 2.24) is 0 Å². The maximum absolute atomic E-state index is 12.7. The van der Waals surface area contributed by atoms with E-state index in [1.165, 1.54) is 6.08 Å². The fourth-order valence-electron chi connectivity index (χ4n) is 2.94. The lowest BCUT2D eigenvalue weighted by Crippen LogP contribution is -2.20. The molecule has 3 N–H and O–H groups in total. The van der Waals surface area contributed by atoms with Gasteiger partial charge in [0.2, 0.25) is 5.91 Å². The van der Waals surface area contributed by atoms with Gasteiger partial charge in [0.25, 0.3) is 5.91 Å². The van der Waals surface area contributed by atoms with E-state index in [1.54, 1.807) is 73.8 Å². The zero-order valence-corrected chi connectivity index (χ0v) is 18.5. The number of para-hydroxylation sites is 1. The summed E-state index contributed by atoms with van der Waals surface area (Å²) in [5, 5.41) is 2.70. The lowest BCUT2D eigenvalue weighted by Gasteiger charge is -2.11. The summed E-state index contributed by atoms with van der Waals surface area (Å²) in [7, 11) is 1.58. The van der Waals surface area contributed by atoms with E-state index in [0.717, 1.165) is 11.3 Å². The average molecular weight is 460 g/mol. The minimum atomic E-state index is -0.599. The summed E-state index contributed by atoms with van der Waals surface area (Å²) in [6.07, 6.45) is 3.03. The van der Waals surface area contributed by atoms with Crippen molar-refractivity contribution in [3.05, 3.63) is 95.6 Å². The fourth-order valence-corrected chi connectivity index (χ4v) is 2.94. The summed E-state index contributed by atoms with van der Waals surface area (Å²) in [6, 6.07) is 20.6. The molecule has 3 rings (SSSR count). The zero-order chi connectivity index (χ0) is 24.3. The van der Waals surface area contributed by atoms with Crippen LogP contribution in [0.4, 0.5) is 5.69 Å². The quantitative estimate of drug-likeness (QED) is 0.353. The van der Waals surface area contributed by atoms with Gasteiger partial charge in [0.15, 0.2) is 6.61 Å². The Morgan fingerprint density at radius 2 is 1.71 bits per heavy atom. The molecule has 34 heavy (non-hydrogen) atoms. The second-order valence-electron chi connectivity index (χ2n) is 7.12. The van der Waals surface area contributed by atoms with Crippen LogP contribution in [-0.4, -0.2) is 31.5 Å². The normalized spacial score (nSPS) is 10.5. The highest BCUT2D eigenvalue weighted by atomic mass is 16.5. The van der Waals surface area contributed by atoms with Gasteiger partial charge in [-0.2, -0.15) is 0 Å². The third-order valence-corrected chi connectivity index (χ3v) is 4.60. The third kappa shape index (κ3) is 7.23. The Balaban J connectivity index is 1.61. The number of anilines is 1. The number of carbonyl (C=O) groups is 3. The molecular weight excluding hydrogens is 436 g/mol. The number of carbonyl (C=O) groups excluding carboxylic acids is 3. The van der Waals surface area contributed by atoms with E-state index in [2.05, 4.69) is 5.32 Å². The number of ether oxygens (including phenoxy) is 3. The Kier molecular flexibility index (Phi) is 8.40. The zero-order valence-electron chi connectivity index (χ0n) is 18.5. The highest BCUT2D eigenvalue weighted by molar-refractivity contribution is 6.06. The number of benzene rings is 3. The van der Waals surface area contributed by atoms with E-state index in [1.807, 2.05) is 12.1 Å².